The van der Waals surface area contributed by atoms with Crippen LogP contribution in [0.3, 0.4) is 0 Å². The first kappa shape index (κ1) is 21.7. The second-order valence-electron chi connectivity index (χ2n) is 10.1. The van der Waals surface area contributed by atoms with Crippen LogP contribution in [-0.4, -0.2) is 29.6 Å². The summed E-state index contributed by atoms with van der Waals surface area (Å²) in [5.41, 5.74) is 5.14. The molecular formula is C30H37NO. The lowest BCUT2D eigenvalue weighted by Gasteiger charge is -2.38. The summed E-state index contributed by atoms with van der Waals surface area (Å²) in [5, 5.41) is 13.8. The van der Waals surface area contributed by atoms with Gasteiger partial charge in [-0.05, 0) is 103 Å². The van der Waals surface area contributed by atoms with Gasteiger partial charge in [-0.2, -0.15) is 0 Å². The highest BCUT2D eigenvalue weighted by molar-refractivity contribution is 5.83. The first-order valence-corrected chi connectivity index (χ1v) is 12.7. The van der Waals surface area contributed by atoms with Crippen molar-refractivity contribution in [1.29, 1.82) is 0 Å². The summed E-state index contributed by atoms with van der Waals surface area (Å²) in [6.07, 6.45) is 12.0. The molecular weight excluding hydrogens is 390 g/mol. The van der Waals surface area contributed by atoms with Crippen LogP contribution in [0.4, 0.5) is 0 Å². The Morgan fingerprint density at radius 2 is 1.53 bits per heavy atom. The van der Waals surface area contributed by atoms with E-state index in [1.165, 1.54) is 67.7 Å². The van der Waals surface area contributed by atoms with Gasteiger partial charge in [0.1, 0.15) is 0 Å². The molecule has 3 aromatic rings. The lowest BCUT2D eigenvalue weighted by atomic mass is 9.83. The normalized spacial score (nSPS) is 18.9. The Hall–Kier alpha value is -2.16. The summed E-state index contributed by atoms with van der Waals surface area (Å²) in [5.74, 6) is 0. The average molecular weight is 428 g/mol. The summed E-state index contributed by atoms with van der Waals surface area (Å²) in [6.45, 7) is 3.13. The molecule has 0 aromatic heterocycles. The van der Waals surface area contributed by atoms with Crippen molar-refractivity contribution in [2.75, 3.05) is 19.6 Å². The van der Waals surface area contributed by atoms with Gasteiger partial charge in [0, 0.05) is 13.1 Å². The highest BCUT2D eigenvalue weighted by Crippen LogP contribution is 2.34. The Kier molecular flexibility index (Phi) is 6.62. The van der Waals surface area contributed by atoms with Crippen LogP contribution in [0.15, 0.2) is 60.7 Å². The number of aryl methyl sites for hydroxylation is 3. The molecule has 32 heavy (non-hydrogen) atoms. The SMILES string of the molecule is OC1(c2ccc3ccccc3c2)CCN(CCCCc2ccc3c(c2)CCCCC3)CC1. The first-order valence-electron chi connectivity index (χ1n) is 12.7. The van der Waals surface area contributed by atoms with Crippen LogP contribution in [0, 0.1) is 0 Å². The number of aliphatic hydroxyl groups is 1. The second kappa shape index (κ2) is 9.77. The summed E-state index contributed by atoms with van der Waals surface area (Å²) >= 11 is 0. The molecule has 1 aliphatic carbocycles. The number of rotatable bonds is 6. The number of fused-ring (bicyclic) bond motifs is 2. The van der Waals surface area contributed by atoms with Crippen molar-refractivity contribution < 1.29 is 5.11 Å². The molecule has 1 N–H and O–H groups in total. The standard InChI is InChI=1S/C30H37NO/c32-30(29-16-15-26-10-4-5-12-28(26)23-29)17-20-31(21-18-30)19-7-6-8-24-13-14-25-9-2-1-3-11-27(25)22-24/h4-5,10,12-16,22-23,32H,1-3,6-9,11,17-21H2. The van der Waals surface area contributed by atoms with Crippen molar-refractivity contribution in [2.24, 2.45) is 0 Å². The van der Waals surface area contributed by atoms with Crippen molar-refractivity contribution in [1.82, 2.24) is 4.90 Å². The van der Waals surface area contributed by atoms with Gasteiger partial charge in [-0.1, -0.05) is 61.0 Å². The lowest BCUT2D eigenvalue weighted by Crippen LogP contribution is -2.42. The van der Waals surface area contributed by atoms with E-state index in [-0.39, 0.29) is 0 Å². The fraction of sp³-hybridized carbons (Fsp3) is 0.467. The molecule has 1 fully saturated rings. The Morgan fingerprint density at radius 1 is 0.750 bits per heavy atom. The Labute approximate surface area is 193 Å². The van der Waals surface area contributed by atoms with Crippen LogP contribution in [0.1, 0.15) is 67.2 Å². The molecule has 2 aliphatic rings. The predicted molar refractivity (Wildman–Crippen MR) is 134 cm³/mol. The van der Waals surface area contributed by atoms with Gasteiger partial charge in [-0.3, -0.25) is 0 Å². The predicted octanol–water partition coefficient (Wildman–Crippen LogP) is 6.42. The molecule has 168 valence electrons. The third-order valence-electron chi connectivity index (χ3n) is 7.82. The molecule has 1 saturated heterocycles. The topological polar surface area (TPSA) is 23.5 Å². The van der Waals surface area contributed by atoms with E-state index in [9.17, 15) is 5.11 Å². The van der Waals surface area contributed by atoms with E-state index in [1.54, 1.807) is 11.1 Å². The maximum atomic E-state index is 11.3. The lowest BCUT2D eigenvalue weighted by molar-refractivity contribution is -0.0259. The molecule has 1 aliphatic heterocycles. The molecule has 0 radical (unpaired) electrons. The minimum atomic E-state index is -0.678. The van der Waals surface area contributed by atoms with Crippen LogP contribution in [0.5, 0.6) is 0 Å². The third kappa shape index (κ3) is 4.92. The van der Waals surface area contributed by atoms with E-state index in [2.05, 4.69) is 65.6 Å². The number of hydrogen-bond donors (Lipinski definition) is 1. The van der Waals surface area contributed by atoms with Crippen molar-refractivity contribution >= 4 is 10.8 Å². The van der Waals surface area contributed by atoms with E-state index in [0.29, 0.717) is 0 Å². The van der Waals surface area contributed by atoms with E-state index in [1.807, 2.05) is 0 Å². The monoisotopic (exact) mass is 427 g/mol. The van der Waals surface area contributed by atoms with Crippen molar-refractivity contribution in [3.05, 3.63) is 82.9 Å². The van der Waals surface area contributed by atoms with Gasteiger partial charge >= 0.3 is 0 Å². The minimum Gasteiger partial charge on any atom is -0.385 e. The van der Waals surface area contributed by atoms with Crippen molar-refractivity contribution in [3.63, 3.8) is 0 Å². The number of nitrogens with zero attached hydrogens (tertiary/aromatic N) is 1. The van der Waals surface area contributed by atoms with Gasteiger partial charge in [0.25, 0.3) is 0 Å². The van der Waals surface area contributed by atoms with E-state index in [4.69, 9.17) is 0 Å². The molecule has 0 spiro atoms. The number of hydrogen-bond acceptors (Lipinski definition) is 2. The summed E-state index contributed by atoms with van der Waals surface area (Å²) < 4.78 is 0. The largest absolute Gasteiger partial charge is 0.385 e. The van der Waals surface area contributed by atoms with Crippen molar-refractivity contribution in [2.45, 2.75) is 69.8 Å². The molecule has 3 aromatic carbocycles. The van der Waals surface area contributed by atoms with Crippen LogP contribution >= 0.6 is 0 Å². The second-order valence-corrected chi connectivity index (χ2v) is 10.1. The molecule has 1 heterocycles. The van der Waals surface area contributed by atoms with Gasteiger partial charge in [-0.25, -0.2) is 0 Å². The summed E-state index contributed by atoms with van der Waals surface area (Å²) in [6, 6.07) is 22.1. The molecule has 2 heteroatoms. The molecule has 0 atom stereocenters. The van der Waals surface area contributed by atoms with Gasteiger partial charge in [0.05, 0.1) is 5.60 Å². The van der Waals surface area contributed by atoms with Gasteiger partial charge in [-0.15, -0.1) is 0 Å². The van der Waals surface area contributed by atoms with E-state index in [0.717, 1.165) is 38.0 Å². The molecule has 2 nitrogen and oxygen atoms in total. The van der Waals surface area contributed by atoms with Gasteiger partial charge in [0.2, 0.25) is 0 Å². The quantitative estimate of drug-likeness (QED) is 0.363. The Bertz CT molecular complexity index is 1050. The van der Waals surface area contributed by atoms with Gasteiger partial charge < -0.3 is 10.0 Å². The molecule has 5 rings (SSSR count). The van der Waals surface area contributed by atoms with Crippen molar-refractivity contribution in [3.8, 4) is 0 Å². The van der Waals surface area contributed by atoms with Gasteiger partial charge in [0.15, 0.2) is 0 Å². The maximum absolute atomic E-state index is 11.3. The zero-order valence-corrected chi connectivity index (χ0v) is 19.4. The maximum Gasteiger partial charge on any atom is 0.0921 e. The highest BCUT2D eigenvalue weighted by Gasteiger charge is 2.33. The molecule has 0 saturated carbocycles. The third-order valence-corrected chi connectivity index (χ3v) is 7.82. The molecule has 0 unspecified atom stereocenters. The van der Waals surface area contributed by atoms with Crippen LogP contribution < -0.4 is 0 Å². The van der Waals surface area contributed by atoms with Crippen LogP contribution in [0.2, 0.25) is 0 Å². The fourth-order valence-corrected chi connectivity index (χ4v) is 5.70. The van der Waals surface area contributed by atoms with Crippen LogP contribution in [0.25, 0.3) is 10.8 Å². The Balaban J connectivity index is 1.09. The number of piperidine rings is 1. The zero-order chi connectivity index (χ0) is 21.8. The Morgan fingerprint density at radius 3 is 2.38 bits per heavy atom. The van der Waals surface area contributed by atoms with E-state index < -0.39 is 5.60 Å². The van der Waals surface area contributed by atoms with Crippen LogP contribution in [-0.2, 0) is 24.9 Å². The smallest absolute Gasteiger partial charge is 0.0921 e. The average Bonchev–Trinajstić information content (AvgIpc) is 3.08. The minimum absolute atomic E-state index is 0.678. The number of likely N-dealkylation sites (tertiary alicyclic amines) is 1. The fourth-order valence-electron chi connectivity index (χ4n) is 5.70. The van der Waals surface area contributed by atoms with E-state index >= 15 is 0 Å². The molecule has 0 amide bonds. The zero-order valence-electron chi connectivity index (χ0n) is 19.4. The number of benzene rings is 3. The number of unbranched alkanes of at least 4 members (excludes halogenated alkanes) is 1. The molecule has 0 bridgehead atoms. The summed E-state index contributed by atoms with van der Waals surface area (Å²) in [4.78, 5) is 2.55. The highest BCUT2D eigenvalue weighted by atomic mass is 16.3. The summed E-state index contributed by atoms with van der Waals surface area (Å²) in [7, 11) is 0. The first-order chi connectivity index (χ1) is 15.7.